The van der Waals surface area contributed by atoms with Crippen LogP contribution in [0, 0.1) is 13.8 Å². The number of hydrogen-bond donors (Lipinski definition) is 1. The standard InChI is InChI=1S/C26H37N5O2S/c1-19-17-22(20(2)30(19)11-6-10-29-12-15-32-16-13-29)25-24(23-8-3-4-9-27-23)28-26(34)31(25)18-21-7-5-14-33-21/h3-4,8-9,17,21,24-25H,5-7,10-16,18H2,1-2H3,(H,28,34)/t21-,24+,25-/m1/s1. The van der Waals surface area contributed by atoms with Crippen molar-refractivity contribution in [3.05, 3.63) is 53.1 Å². The molecule has 3 fully saturated rings. The van der Waals surface area contributed by atoms with Crippen LogP contribution in [0.3, 0.4) is 0 Å². The van der Waals surface area contributed by atoms with Crippen LogP contribution < -0.4 is 5.32 Å². The van der Waals surface area contributed by atoms with Gasteiger partial charge in [0.1, 0.15) is 0 Å². The van der Waals surface area contributed by atoms with Crippen LogP contribution in [0.25, 0.3) is 0 Å². The average Bonchev–Trinajstić information content (AvgIpc) is 3.56. The highest BCUT2D eigenvalue weighted by Gasteiger charge is 2.42. The number of nitrogens with one attached hydrogen (secondary N) is 1. The Morgan fingerprint density at radius 3 is 2.74 bits per heavy atom. The minimum Gasteiger partial charge on any atom is -0.379 e. The highest BCUT2D eigenvalue weighted by atomic mass is 32.1. The molecule has 7 nitrogen and oxygen atoms in total. The van der Waals surface area contributed by atoms with Crippen molar-refractivity contribution < 1.29 is 9.47 Å². The molecule has 8 heteroatoms. The second-order valence-corrected chi connectivity index (χ2v) is 10.1. The Balaban J connectivity index is 1.39. The fraction of sp³-hybridized carbons (Fsp3) is 0.615. The lowest BCUT2D eigenvalue weighted by atomic mass is 9.96. The Kier molecular flexibility index (Phi) is 7.49. The Labute approximate surface area is 208 Å². The summed E-state index contributed by atoms with van der Waals surface area (Å²) >= 11 is 5.86. The van der Waals surface area contributed by atoms with Crippen LogP contribution in [-0.2, 0) is 16.0 Å². The molecule has 2 aromatic rings. The molecule has 3 aliphatic rings. The average molecular weight is 484 g/mol. The normalized spacial score (nSPS) is 25.8. The van der Waals surface area contributed by atoms with Gasteiger partial charge in [-0.15, -0.1) is 0 Å². The van der Waals surface area contributed by atoms with Gasteiger partial charge in [0.25, 0.3) is 0 Å². The van der Waals surface area contributed by atoms with Crippen LogP contribution in [0.2, 0.25) is 0 Å². The second kappa shape index (κ2) is 10.7. The molecule has 0 saturated carbocycles. The largest absolute Gasteiger partial charge is 0.379 e. The number of aryl methyl sites for hydroxylation is 1. The van der Waals surface area contributed by atoms with Gasteiger partial charge in [0.05, 0.1) is 37.1 Å². The number of aromatic nitrogens is 2. The van der Waals surface area contributed by atoms with Crippen LogP contribution in [0.1, 0.15) is 54.0 Å². The van der Waals surface area contributed by atoms with Crippen LogP contribution >= 0.6 is 12.2 Å². The van der Waals surface area contributed by atoms with E-state index in [1.165, 1.54) is 17.0 Å². The van der Waals surface area contributed by atoms with Gasteiger partial charge in [-0.3, -0.25) is 9.88 Å². The van der Waals surface area contributed by atoms with Gasteiger partial charge in [-0.2, -0.15) is 0 Å². The molecule has 34 heavy (non-hydrogen) atoms. The van der Waals surface area contributed by atoms with E-state index in [4.69, 9.17) is 26.7 Å². The third-order valence-corrected chi connectivity index (χ3v) is 7.87. The van der Waals surface area contributed by atoms with Crippen molar-refractivity contribution in [2.24, 2.45) is 0 Å². The van der Waals surface area contributed by atoms with E-state index < -0.39 is 0 Å². The molecule has 5 rings (SSSR count). The molecule has 0 bridgehead atoms. The van der Waals surface area contributed by atoms with E-state index in [1.807, 2.05) is 12.3 Å². The number of ether oxygens (including phenoxy) is 2. The first-order valence-electron chi connectivity index (χ1n) is 12.7. The summed E-state index contributed by atoms with van der Waals surface area (Å²) in [5.74, 6) is 0. The fourth-order valence-corrected chi connectivity index (χ4v) is 6.01. The van der Waals surface area contributed by atoms with E-state index in [-0.39, 0.29) is 18.2 Å². The number of rotatable bonds is 8. The van der Waals surface area contributed by atoms with E-state index in [0.29, 0.717) is 0 Å². The molecule has 3 saturated heterocycles. The molecule has 5 heterocycles. The SMILES string of the molecule is Cc1cc([C@@H]2[C@H](c3ccccn3)NC(=S)N2C[C@H]2CCCO2)c(C)n1CCCN1CCOCC1. The minimum atomic E-state index is 0.0254. The number of hydrogen-bond acceptors (Lipinski definition) is 5. The lowest BCUT2D eigenvalue weighted by molar-refractivity contribution is 0.0369. The van der Waals surface area contributed by atoms with Crippen molar-refractivity contribution in [1.82, 2.24) is 24.7 Å². The molecule has 0 radical (unpaired) electrons. The van der Waals surface area contributed by atoms with Gasteiger partial charge in [-0.25, -0.2) is 0 Å². The van der Waals surface area contributed by atoms with Crippen molar-refractivity contribution in [2.45, 2.75) is 57.8 Å². The van der Waals surface area contributed by atoms with Crippen LogP contribution in [0.15, 0.2) is 30.5 Å². The lowest BCUT2D eigenvalue weighted by Crippen LogP contribution is -2.37. The molecule has 3 atom stereocenters. The van der Waals surface area contributed by atoms with Gasteiger partial charge < -0.3 is 24.3 Å². The smallest absolute Gasteiger partial charge is 0.170 e. The highest BCUT2D eigenvalue weighted by Crippen LogP contribution is 2.41. The summed E-state index contributed by atoms with van der Waals surface area (Å²) in [4.78, 5) is 9.56. The maximum absolute atomic E-state index is 5.99. The zero-order valence-electron chi connectivity index (χ0n) is 20.4. The van der Waals surface area contributed by atoms with Gasteiger partial charge in [-0.1, -0.05) is 6.07 Å². The summed E-state index contributed by atoms with van der Waals surface area (Å²) in [6.45, 7) is 12.1. The Morgan fingerprint density at radius 2 is 2.00 bits per heavy atom. The van der Waals surface area contributed by atoms with E-state index in [9.17, 15) is 0 Å². The van der Waals surface area contributed by atoms with E-state index in [1.54, 1.807) is 0 Å². The predicted molar refractivity (Wildman–Crippen MR) is 137 cm³/mol. The zero-order valence-corrected chi connectivity index (χ0v) is 21.2. The molecular formula is C26H37N5O2S. The Morgan fingerprint density at radius 1 is 1.15 bits per heavy atom. The molecule has 1 N–H and O–H groups in total. The number of thiocarbonyl (C=S) groups is 1. The molecule has 0 aliphatic carbocycles. The van der Waals surface area contributed by atoms with Gasteiger partial charge in [0.15, 0.2) is 5.11 Å². The van der Waals surface area contributed by atoms with Crippen molar-refractivity contribution in [3.8, 4) is 0 Å². The van der Waals surface area contributed by atoms with Gasteiger partial charge >= 0.3 is 0 Å². The summed E-state index contributed by atoms with van der Waals surface area (Å²) in [6.07, 6.45) is 5.47. The van der Waals surface area contributed by atoms with E-state index in [0.717, 1.165) is 82.6 Å². The van der Waals surface area contributed by atoms with Crippen molar-refractivity contribution in [3.63, 3.8) is 0 Å². The van der Waals surface area contributed by atoms with E-state index in [2.05, 4.69) is 51.7 Å². The zero-order chi connectivity index (χ0) is 23.5. The number of pyridine rings is 1. The van der Waals surface area contributed by atoms with Gasteiger partial charge in [0, 0.05) is 56.9 Å². The molecule has 184 valence electrons. The second-order valence-electron chi connectivity index (χ2n) is 9.70. The minimum absolute atomic E-state index is 0.0254. The number of morpholine rings is 1. The Bertz CT molecular complexity index is 969. The maximum atomic E-state index is 5.99. The molecule has 0 unspecified atom stereocenters. The molecule has 0 spiro atoms. The summed E-state index contributed by atoms with van der Waals surface area (Å²) in [7, 11) is 0. The van der Waals surface area contributed by atoms with Crippen LogP contribution in [-0.4, -0.2) is 76.6 Å². The summed E-state index contributed by atoms with van der Waals surface area (Å²) in [6, 6.07) is 8.62. The first-order valence-corrected chi connectivity index (χ1v) is 13.1. The Hall–Kier alpha value is -2.00. The van der Waals surface area contributed by atoms with Gasteiger partial charge in [0.2, 0.25) is 0 Å². The van der Waals surface area contributed by atoms with Gasteiger partial charge in [-0.05, 0) is 69.1 Å². The van der Waals surface area contributed by atoms with Crippen molar-refractivity contribution in [1.29, 1.82) is 0 Å². The summed E-state index contributed by atoms with van der Waals surface area (Å²) in [5.41, 5.74) is 5.00. The monoisotopic (exact) mass is 483 g/mol. The van der Waals surface area contributed by atoms with Crippen molar-refractivity contribution in [2.75, 3.05) is 46.0 Å². The third-order valence-electron chi connectivity index (χ3n) is 7.51. The van der Waals surface area contributed by atoms with Crippen molar-refractivity contribution >= 4 is 17.3 Å². The lowest BCUT2D eigenvalue weighted by Gasteiger charge is -2.30. The molecule has 0 amide bonds. The van der Waals surface area contributed by atoms with Crippen LogP contribution in [0.5, 0.6) is 0 Å². The predicted octanol–water partition coefficient (Wildman–Crippen LogP) is 3.37. The first kappa shape index (κ1) is 23.7. The summed E-state index contributed by atoms with van der Waals surface area (Å²) < 4.78 is 14.0. The number of nitrogens with zero attached hydrogens (tertiary/aromatic N) is 4. The third kappa shape index (κ3) is 5.00. The molecular weight excluding hydrogens is 446 g/mol. The fourth-order valence-electron chi connectivity index (χ4n) is 5.70. The maximum Gasteiger partial charge on any atom is 0.170 e. The first-order chi connectivity index (χ1) is 16.6. The quantitative estimate of drug-likeness (QED) is 0.578. The topological polar surface area (TPSA) is 54.8 Å². The molecule has 0 aromatic carbocycles. The van der Waals surface area contributed by atoms with Crippen LogP contribution in [0.4, 0.5) is 0 Å². The van der Waals surface area contributed by atoms with E-state index >= 15 is 0 Å². The molecule has 3 aliphatic heterocycles. The molecule has 2 aromatic heterocycles. The summed E-state index contributed by atoms with van der Waals surface area (Å²) in [5, 5.41) is 4.40. The highest BCUT2D eigenvalue weighted by molar-refractivity contribution is 7.80.